The van der Waals surface area contributed by atoms with Crippen LogP contribution in [0.5, 0.6) is 5.75 Å². The van der Waals surface area contributed by atoms with Crippen molar-refractivity contribution in [2.75, 3.05) is 27.4 Å². The van der Waals surface area contributed by atoms with Crippen molar-refractivity contribution < 1.29 is 9.47 Å². The Bertz CT molecular complexity index is 324. The molecule has 3 nitrogen and oxygen atoms in total. The normalized spacial score (nSPS) is 14.2. The lowest BCUT2D eigenvalue weighted by molar-refractivity contribution is 0.149. The topological polar surface area (TPSA) is 30.5 Å². The summed E-state index contributed by atoms with van der Waals surface area (Å²) < 4.78 is 10.4. The van der Waals surface area contributed by atoms with Crippen LogP contribution in [-0.2, 0) is 4.74 Å². The fourth-order valence-corrected chi connectivity index (χ4v) is 2.17. The van der Waals surface area contributed by atoms with Gasteiger partial charge in [0.2, 0.25) is 0 Å². The number of benzene rings is 1. The van der Waals surface area contributed by atoms with E-state index in [0.29, 0.717) is 12.0 Å². The van der Waals surface area contributed by atoms with Crippen molar-refractivity contribution >= 4 is 0 Å². The zero-order valence-corrected chi connectivity index (χ0v) is 11.9. The smallest absolute Gasteiger partial charge is 0.118 e. The summed E-state index contributed by atoms with van der Waals surface area (Å²) >= 11 is 0. The first kappa shape index (κ1) is 15.0. The number of rotatable bonds is 8. The molecule has 1 aromatic rings. The van der Waals surface area contributed by atoms with Gasteiger partial charge >= 0.3 is 0 Å². The van der Waals surface area contributed by atoms with Crippen molar-refractivity contribution in [3.8, 4) is 5.75 Å². The minimum absolute atomic E-state index is 0.381. The number of nitrogens with one attached hydrogen (secondary N) is 1. The summed E-state index contributed by atoms with van der Waals surface area (Å²) in [6.45, 7) is 6.13. The van der Waals surface area contributed by atoms with E-state index in [0.717, 1.165) is 25.3 Å². The highest BCUT2D eigenvalue weighted by atomic mass is 16.5. The molecule has 102 valence electrons. The molecule has 0 saturated heterocycles. The minimum Gasteiger partial charge on any atom is -0.497 e. The standard InChI is InChI=1S/C15H25NO2/c1-5-16-15(10-12(2)11-17-3)13-6-8-14(18-4)9-7-13/h6-9,12,15-16H,5,10-11H2,1-4H3. The first-order valence-corrected chi connectivity index (χ1v) is 6.57. The van der Waals surface area contributed by atoms with E-state index in [1.54, 1.807) is 14.2 Å². The molecule has 0 fully saturated rings. The summed E-state index contributed by atoms with van der Waals surface area (Å²) in [7, 11) is 3.45. The monoisotopic (exact) mass is 251 g/mol. The molecular weight excluding hydrogens is 226 g/mol. The van der Waals surface area contributed by atoms with Gasteiger partial charge in [0.05, 0.1) is 7.11 Å². The number of methoxy groups -OCH3 is 2. The van der Waals surface area contributed by atoms with E-state index in [4.69, 9.17) is 9.47 Å². The molecule has 1 N–H and O–H groups in total. The molecular formula is C15H25NO2. The Kier molecular flexibility index (Phi) is 6.76. The first-order chi connectivity index (χ1) is 8.71. The molecule has 0 aliphatic heterocycles. The molecule has 18 heavy (non-hydrogen) atoms. The van der Waals surface area contributed by atoms with Gasteiger partial charge in [-0.25, -0.2) is 0 Å². The van der Waals surface area contributed by atoms with Gasteiger partial charge in [-0.3, -0.25) is 0 Å². The highest BCUT2D eigenvalue weighted by molar-refractivity contribution is 5.29. The summed E-state index contributed by atoms with van der Waals surface area (Å²) in [5.74, 6) is 1.44. The lowest BCUT2D eigenvalue weighted by atomic mass is 9.96. The molecule has 1 rings (SSSR count). The molecule has 0 aromatic heterocycles. The predicted molar refractivity (Wildman–Crippen MR) is 75.1 cm³/mol. The van der Waals surface area contributed by atoms with E-state index in [9.17, 15) is 0 Å². The summed E-state index contributed by atoms with van der Waals surface area (Å²) in [5.41, 5.74) is 1.31. The van der Waals surface area contributed by atoms with E-state index in [1.165, 1.54) is 5.56 Å². The van der Waals surface area contributed by atoms with Gasteiger partial charge in [-0.1, -0.05) is 26.0 Å². The van der Waals surface area contributed by atoms with Crippen LogP contribution in [0.15, 0.2) is 24.3 Å². The highest BCUT2D eigenvalue weighted by Gasteiger charge is 2.14. The SMILES string of the molecule is CCNC(CC(C)COC)c1ccc(OC)cc1. The van der Waals surface area contributed by atoms with E-state index < -0.39 is 0 Å². The molecule has 0 aliphatic rings. The predicted octanol–water partition coefficient (Wildman–Crippen LogP) is 3.02. The Morgan fingerprint density at radius 1 is 1.17 bits per heavy atom. The van der Waals surface area contributed by atoms with Crippen molar-refractivity contribution in [3.05, 3.63) is 29.8 Å². The third-order valence-corrected chi connectivity index (χ3v) is 3.06. The molecule has 0 saturated carbocycles. The maximum absolute atomic E-state index is 5.21. The van der Waals surface area contributed by atoms with Crippen molar-refractivity contribution in [3.63, 3.8) is 0 Å². The number of hydrogen-bond donors (Lipinski definition) is 1. The van der Waals surface area contributed by atoms with Gasteiger partial charge in [-0.2, -0.15) is 0 Å². The average molecular weight is 251 g/mol. The lowest BCUT2D eigenvalue weighted by Gasteiger charge is -2.22. The molecule has 0 heterocycles. The Labute approximate surface area is 110 Å². The third kappa shape index (κ3) is 4.67. The lowest BCUT2D eigenvalue weighted by Crippen LogP contribution is -2.24. The molecule has 0 spiro atoms. The Morgan fingerprint density at radius 2 is 1.83 bits per heavy atom. The molecule has 0 radical (unpaired) electrons. The van der Waals surface area contributed by atoms with Gasteiger partial charge in [0.25, 0.3) is 0 Å². The summed E-state index contributed by atoms with van der Waals surface area (Å²) in [4.78, 5) is 0. The highest BCUT2D eigenvalue weighted by Crippen LogP contribution is 2.23. The fraction of sp³-hybridized carbons (Fsp3) is 0.600. The van der Waals surface area contributed by atoms with Gasteiger partial charge in [0, 0.05) is 19.8 Å². The number of hydrogen-bond acceptors (Lipinski definition) is 3. The second-order valence-electron chi connectivity index (χ2n) is 4.68. The van der Waals surface area contributed by atoms with Gasteiger partial charge in [0.1, 0.15) is 5.75 Å². The maximum atomic E-state index is 5.21. The van der Waals surface area contributed by atoms with E-state index in [-0.39, 0.29) is 0 Å². The van der Waals surface area contributed by atoms with Crippen molar-refractivity contribution in [1.29, 1.82) is 0 Å². The third-order valence-electron chi connectivity index (χ3n) is 3.06. The first-order valence-electron chi connectivity index (χ1n) is 6.57. The average Bonchev–Trinajstić information content (AvgIpc) is 2.39. The van der Waals surface area contributed by atoms with Crippen LogP contribution in [0.3, 0.4) is 0 Å². The van der Waals surface area contributed by atoms with Gasteiger partial charge < -0.3 is 14.8 Å². The van der Waals surface area contributed by atoms with Gasteiger partial charge in [0.15, 0.2) is 0 Å². The molecule has 3 heteroatoms. The largest absolute Gasteiger partial charge is 0.497 e. The van der Waals surface area contributed by atoms with Gasteiger partial charge in [-0.15, -0.1) is 0 Å². The number of ether oxygens (including phenoxy) is 2. The van der Waals surface area contributed by atoms with Crippen molar-refractivity contribution in [2.24, 2.45) is 5.92 Å². The molecule has 0 amide bonds. The van der Waals surface area contributed by atoms with E-state index in [1.807, 2.05) is 12.1 Å². The second kappa shape index (κ2) is 8.11. The quantitative estimate of drug-likeness (QED) is 0.770. The van der Waals surface area contributed by atoms with E-state index >= 15 is 0 Å². The van der Waals surface area contributed by atoms with Crippen molar-refractivity contribution in [1.82, 2.24) is 5.32 Å². The summed E-state index contributed by atoms with van der Waals surface area (Å²) in [6.07, 6.45) is 1.08. The zero-order valence-electron chi connectivity index (χ0n) is 11.9. The summed E-state index contributed by atoms with van der Waals surface area (Å²) in [5, 5.41) is 3.53. The molecule has 2 unspecified atom stereocenters. The summed E-state index contributed by atoms with van der Waals surface area (Å²) in [6, 6.07) is 8.67. The zero-order chi connectivity index (χ0) is 13.4. The van der Waals surface area contributed by atoms with Crippen molar-refractivity contribution in [2.45, 2.75) is 26.3 Å². The van der Waals surface area contributed by atoms with Crippen LogP contribution in [0.25, 0.3) is 0 Å². The minimum atomic E-state index is 0.381. The molecule has 0 aliphatic carbocycles. The van der Waals surface area contributed by atoms with Gasteiger partial charge in [-0.05, 0) is 36.6 Å². The second-order valence-corrected chi connectivity index (χ2v) is 4.68. The van der Waals surface area contributed by atoms with E-state index in [2.05, 4.69) is 31.3 Å². The molecule has 2 atom stereocenters. The van der Waals surface area contributed by atoms with Crippen LogP contribution in [0.4, 0.5) is 0 Å². The van der Waals surface area contributed by atoms with Crippen LogP contribution in [0, 0.1) is 5.92 Å². The Morgan fingerprint density at radius 3 is 2.33 bits per heavy atom. The maximum Gasteiger partial charge on any atom is 0.118 e. The molecule has 0 bridgehead atoms. The van der Waals surface area contributed by atoms with Crippen LogP contribution in [0.2, 0.25) is 0 Å². The fourth-order valence-electron chi connectivity index (χ4n) is 2.17. The van der Waals surface area contributed by atoms with Crippen LogP contribution < -0.4 is 10.1 Å². The Hall–Kier alpha value is -1.06. The van der Waals surface area contributed by atoms with Crippen LogP contribution >= 0.6 is 0 Å². The molecule has 1 aromatic carbocycles. The van der Waals surface area contributed by atoms with Crippen LogP contribution in [0.1, 0.15) is 31.9 Å². The van der Waals surface area contributed by atoms with Crippen LogP contribution in [-0.4, -0.2) is 27.4 Å². The Balaban J connectivity index is 2.69.